The Kier molecular flexibility index (Phi) is 2.64. The average molecular weight is 206 g/mol. The molecule has 0 bridgehead atoms. The van der Waals surface area contributed by atoms with Crippen LogP contribution >= 0.6 is 11.8 Å². The minimum atomic E-state index is 0.323. The molecule has 0 amide bonds. The van der Waals surface area contributed by atoms with Crippen molar-refractivity contribution in [2.75, 3.05) is 6.26 Å². The van der Waals surface area contributed by atoms with Crippen LogP contribution in [0.25, 0.3) is 0 Å². The molecule has 1 aromatic rings. The fraction of sp³-hybridized carbons (Fsp3) is 0.417. The maximum absolute atomic E-state index is 11.9. The molecule has 1 aromatic carbocycles. The molecular weight excluding hydrogens is 192 g/mol. The van der Waals surface area contributed by atoms with Crippen molar-refractivity contribution in [1.29, 1.82) is 0 Å². The molecule has 1 nitrogen and oxygen atoms in total. The summed E-state index contributed by atoms with van der Waals surface area (Å²) in [5, 5.41) is 0. The number of hydrogen-bond acceptors (Lipinski definition) is 2. The van der Waals surface area contributed by atoms with E-state index >= 15 is 0 Å². The maximum atomic E-state index is 11.9. The molecule has 2 rings (SSSR count). The van der Waals surface area contributed by atoms with Gasteiger partial charge < -0.3 is 0 Å². The molecule has 1 fully saturated rings. The van der Waals surface area contributed by atoms with E-state index in [9.17, 15) is 4.79 Å². The zero-order valence-electron chi connectivity index (χ0n) is 8.54. The smallest absolute Gasteiger partial charge is 0.167 e. The Morgan fingerprint density at radius 2 is 2.14 bits per heavy atom. The lowest BCUT2D eigenvalue weighted by Gasteiger charge is -2.06. The molecule has 0 N–H and O–H groups in total. The second kappa shape index (κ2) is 3.77. The van der Waals surface area contributed by atoms with E-state index in [1.165, 1.54) is 5.56 Å². The first kappa shape index (κ1) is 9.78. The van der Waals surface area contributed by atoms with Crippen LogP contribution in [-0.2, 0) is 0 Å². The second-order valence-electron chi connectivity index (χ2n) is 3.84. The minimum Gasteiger partial charge on any atom is -0.294 e. The summed E-state index contributed by atoms with van der Waals surface area (Å²) in [5.41, 5.74) is 2.15. The van der Waals surface area contributed by atoms with Crippen LogP contribution < -0.4 is 0 Å². The topological polar surface area (TPSA) is 17.1 Å². The van der Waals surface area contributed by atoms with Gasteiger partial charge in [0, 0.05) is 16.4 Å². The van der Waals surface area contributed by atoms with Crippen LogP contribution in [-0.4, -0.2) is 12.0 Å². The summed E-state index contributed by atoms with van der Waals surface area (Å²) in [6, 6.07) is 6.09. The van der Waals surface area contributed by atoms with Crippen LogP contribution in [0, 0.1) is 12.8 Å². The van der Waals surface area contributed by atoms with Gasteiger partial charge in [-0.3, -0.25) is 4.79 Å². The highest BCUT2D eigenvalue weighted by Crippen LogP contribution is 2.35. The highest BCUT2D eigenvalue weighted by atomic mass is 32.2. The lowest BCUT2D eigenvalue weighted by atomic mass is 10.1. The fourth-order valence-electron chi connectivity index (χ4n) is 1.57. The van der Waals surface area contributed by atoms with Gasteiger partial charge in [-0.2, -0.15) is 0 Å². The zero-order valence-corrected chi connectivity index (χ0v) is 9.36. The molecule has 0 aliphatic heterocycles. The number of benzene rings is 1. The van der Waals surface area contributed by atoms with Gasteiger partial charge >= 0.3 is 0 Å². The summed E-state index contributed by atoms with van der Waals surface area (Å²) < 4.78 is 0. The van der Waals surface area contributed by atoms with Crippen molar-refractivity contribution in [1.82, 2.24) is 0 Å². The number of hydrogen-bond donors (Lipinski definition) is 0. The van der Waals surface area contributed by atoms with Crippen molar-refractivity contribution >= 4 is 17.5 Å². The normalized spacial score (nSPS) is 15.6. The predicted octanol–water partition coefficient (Wildman–Crippen LogP) is 3.31. The molecule has 0 aromatic heterocycles. The molecule has 0 atom stereocenters. The van der Waals surface area contributed by atoms with Crippen molar-refractivity contribution in [2.24, 2.45) is 5.92 Å². The van der Waals surface area contributed by atoms with Crippen molar-refractivity contribution in [2.45, 2.75) is 24.7 Å². The predicted molar refractivity (Wildman–Crippen MR) is 60.0 cm³/mol. The van der Waals surface area contributed by atoms with Crippen molar-refractivity contribution in [3.05, 3.63) is 29.3 Å². The van der Waals surface area contributed by atoms with Gasteiger partial charge in [0.15, 0.2) is 5.78 Å². The average Bonchev–Trinajstić information content (AvgIpc) is 3.00. The molecule has 74 valence electrons. The zero-order chi connectivity index (χ0) is 10.1. The summed E-state index contributed by atoms with van der Waals surface area (Å²) in [6.07, 6.45) is 4.19. The standard InChI is InChI=1S/C12H14OS/c1-8-3-6-10(11(7-8)14-2)12(13)9-4-5-9/h3,6-7,9H,4-5H2,1-2H3. The third-order valence-electron chi connectivity index (χ3n) is 2.57. The first-order chi connectivity index (χ1) is 6.72. The number of carbonyl (C=O) groups is 1. The van der Waals surface area contributed by atoms with Gasteiger partial charge in [0.05, 0.1) is 0 Å². The SMILES string of the molecule is CSc1cc(C)ccc1C(=O)C1CC1. The molecule has 1 aliphatic rings. The van der Waals surface area contributed by atoms with Gasteiger partial charge in [-0.15, -0.1) is 11.8 Å². The maximum Gasteiger partial charge on any atom is 0.167 e. The van der Waals surface area contributed by atoms with Gasteiger partial charge in [-0.25, -0.2) is 0 Å². The summed E-state index contributed by atoms with van der Waals surface area (Å²) in [5.74, 6) is 0.665. The Morgan fingerprint density at radius 3 is 2.71 bits per heavy atom. The molecule has 0 unspecified atom stereocenters. The summed E-state index contributed by atoms with van der Waals surface area (Å²) >= 11 is 1.66. The second-order valence-corrected chi connectivity index (χ2v) is 4.69. The number of carbonyl (C=O) groups excluding carboxylic acids is 1. The lowest BCUT2D eigenvalue weighted by molar-refractivity contribution is 0.0965. The Hall–Kier alpha value is -0.760. The van der Waals surface area contributed by atoms with Gasteiger partial charge in [0.2, 0.25) is 0 Å². The van der Waals surface area contributed by atoms with E-state index in [1.54, 1.807) is 11.8 Å². The molecule has 14 heavy (non-hydrogen) atoms. The summed E-state index contributed by atoms with van der Waals surface area (Å²) in [6.45, 7) is 2.06. The third-order valence-corrected chi connectivity index (χ3v) is 3.35. The first-order valence-electron chi connectivity index (χ1n) is 4.91. The minimum absolute atomic E-state index is 0.323. The Labute approximate surface area is 88.9 Å². The van der Waals surface area contributed by atoms with Crippen LogP contribution in [0.5, 0.6) is 0 Å². The number of aryl methyl sites for hydroxylation is 1. The van der Waals surface area contributed by atoms with Gasteiger partial charge in [-0.05, 0) is 37.7 Å². The van der Waals surface area contributed by atoms with Gasteiger partial charge in [0.25, 0.3) is 0 Å². The highest BCUT2D eigenvalue weighted by Gasteiger charge is 2.31. The molecule has 0 spiro atoms. The Balaban J connectivity index is 2.35. The molecule has 0 radical (unpaired) electrons. The lowest BCUT2D eigenvalue weighted by Crippen LogP contribution is -2.03. The molecule has 1 saturated carbocycles. The van der Waals surface area contributed by atoms with E-state index in [-0.39, 0.29) is 0 Å². The van der Waals surface area contributed by atoms with E-state index < -0.39 is 0 Å². The van der Waals surface area contributed by atoms with Crippen LogP contribution in [0.3, 0.4) is 0 Å². The van der Waals surface area contributed by atoms with Crippen molar-refractivity contribution in [3.63, 3.8) is 0 Å². The molecule has 2 heteroatoms. The van der Waals surface area contributed by atoms with Crippen molar-refractivity contribution in [3.8, 4) is 0 Å². The first-order valence-corrected chi connectivity index (χ1v) is 6.13. The monoisotopic (exact) mass is 206 g/mol. The molecule has 0 heterocycles. The quantitative estimate of drug-likeness (QED) is 0.557. The summed E-state index contributed by atoms with van der Waals surface area (Å²) in [4.78, 5) is 13.0. The van der Waals surface area contributed by atoms with E-state index in [1.807, 2.05) is 18.4 Å². The van der Waals surface area contributed by atoms with E-state index in [0.717, 1.165) is 23.3 Å². The number of Topliss-reactive ketones (excluding diaryl/α,β-unsaturated/α-hetero) is 1. The number of ketones is 1. The van der Waals surface area contributed by atoms with Crippen LogP contribution in [0.2, 0.25) is 0 Å². The highest BCUT2D eigenvalue weighted by molar-refractivity contribution is 7.98. The Morgan fingerprint density at radius 1 is 1.43 bits per heavy atom. The van der Waals surface area contributed by atoms with Crippen LogP contribution in [0.1, 0.15) is 28.8 Å². The van der Waals surface area contributed by atoms with E-state index in [0.29, 0.717) is 11.7 Å². The van der Waals surface area contributed by atoms with Crippen LogP contribution in [0.4, 0.5) is 0 Å². The van der Waals surface area contributed by atoms with Crippen LogP contribution in [0.15, 0.2) is 23.1 Å². The van der Waals surface area contributed by atoms with Gasteiger partial charge in [0.1, 0.15) is 0 Å². The molecule has 0 saturated heterocycles. The van der Waals surface area contributed by atoms with E-state index in [4.69, 9.17) is 0 Å². The third kappa shape index (κ3) is 1.85. The van der Waals surface area contributed by atoms with Crippen molar-refractivity contribution < 1.29 is 4.79 Å². The fourth-order valence-corrected chi connectivity index (χ4v) is 2.26. The summed E-state index contributed by atoms with van der Waals surface area (Å²) in [7, 11) is 0. The van der Waals surface area contributed by atoms with Gasteiger partial charge in [-0.1, -0.05) is 12.1 Å². The Bertz CT molecular complexity index is 367. The van der Waals surface area contributed by atoms with E-state index in [2.05, 4.69) is 13.0 Å². The number of thioether (sulfide) groups is 1. The molecular formula is C12H14OS. The molecule has 1 aliphatic carbocycles. The number of rotatable bonds is 3. The largest absolute Gasteiger partial charge is 0.294 e.